The first-order valence-corrected chi connectivity index (χ1v) is 9.84. The van der Waals surface area contributed by atoms with Gasteiger partial charge < -0.3 is 25.0 Å². The van der Waals surface area contributed by atoms with Gasteiger partial charge in [-0.3, -0.25) is 0 Å². The second-order valence-electron chi connectivity index (χ2n) is 8.11. The standard InChI is InChI=1S/C21H21F3N2O4/c22-21(23,24)14-2-1-3-15(26-14)29-18-16(27)19(28)20(6-7-20)30-17(18)11-4-5-12-9-25-10-13(12)8-11/h1-5,8,16-19,25,27-28H,6-7,9-10H2/t16-,17-,18-,19-/m1/s1. The van der Waals surface area contributed by atoms with E-state index < -0.39 is 41.9 Å². The van der Waals surface area contributed by atoms with Gasteiger partial charge in [0, 0.05) is 19.2 Å². The zero-order chi connectivity index (χ0) is 21.1. The summed E-state index contributed by atoms with van der Waals surface area (Å²) in [7, 11) is 0. The van der Waals surface area contributed by atoms with Gasteiger partial charge in [-0.25, -0.2) is 4.98 Å². The summed E-state index contributed by atoms with van der Waals surface area (Å²) >= 11 is 0. The molecule has 4 atom stereocenters. The molecular formula is C21H21F3N2O4. The summed E-state index contributed by atoms with van der Waals surface area (Å²) in [6, 6.07) is 9.11. The number of aliphatic hydroxyl groups is 2. The number of pyridine rings is 1. The number of aromatic nitrogens is 1. The van der Waals surface area contributed by atoms with E-state index in [0.29, 0.717) is 19.4 Å². The van der Waals surface area contributed by atoms with E-state index >= 15 is 0 Å². The Morgan fingerprint density at radius 1 is 1.10 bits per heavy atom. The number of hydrogen-bond donors (Lipinski definition) is 3. The number of nitrogens with zero attached hydrogens (tertiary/aromatic N) is 1. The fraction of sp³-hybridized carbons (Fsp3) is 0.476. The van der Waals surface area contributed by atoms with Gasteiger partial charge in [0.2, 0.25) is 5.88 Å². The van der Waals surface area contributed by atoms with Crippen molar-refractivity contribution in [1.29, 1.82) is 0 Å². The second kappa shape index (κ2) is 6.91. The van der Waals surface area contributed by atoms with Crippen LogP contribution in [0.15, 0.2) is 36.4 Å². The van der Waals surface area contributed by atoms with Crippen LogP contribution in [0.25, 0.3) is 0 Å². The molecule has 30 heavy (non-hydrogen) atoms. The van der Waals surface area contributed by atoms with E-state index in [2.05, 4.69) is 10.3 Å². The van der Waals surface area contributed by atoms with E-state index in [-0.39, 0.29) is 5.88 Å². The lowest BCUT2D eigenvalue weighted by Gasteiger charge is -2.43. The van der Waals surface area contributed by atoms with Gasteiger partial charge in [0.15, 0.2) is 6.10 Å². The average molecular weight is 422 g/mol. The van der Waals surface area contributed by atoms with Crippen LogP contribution in [-0.2, 0) is 24.0 Å². The summed E-state index contributed by atoms with van der Waals surface area (Å²) in [4.78, 5) is 3.53. The van der Waals surface area contributed by atoms with Crippen LogP contribution in [0.4, 0.5) is 13.2 Å². The molecule has 2 aliphatic heterocycles. The third-order valence-corrected chi connectivity index (χ3v) is 6.06. The molecule has 1 aliphatic carbocycles. The van der Waals surface area contributed by atoms with Crippen LogP contribution in [0.5, 0.6) is 5.88 Å². The quantitative estimate of drug-likeness (QED) is 0.705. The zero-order valence-electron chi connectivity index (χ0n) is 15.9. The molecule has 6 nitrogen and oxygen atoms in total. The minimum absolute atomic E-state index is 0.288. The average Bonchev–Trinajstić information content (AvgIpc) is 3.34. The fourth-order valence-electron chi connectivity index (χ4n) is 4.26. The van der Waals surface area contributed by atoms with Crippen molar-refractivity contribution >= 4 is 0 Å². The number of fused-ring (bicyclic) bond motifs is 1. The summed E-state index contributed by atoms with van der Waals surface area (Å²) in [6.45, 7) is 1.47. The Balaban J connectivity index is 1.49. The van der Waals surface area contributed by atoms with Crippen molar-refractivity contribution in [2.45, 2.75) is 62.1 Å². The van der Waals surface area contributed by atoms with Gasteiger partial charge in [-0.15, -0.1) is 0 Å². The smallest absolute Gasteiger partial charge is 0.433 e. The van der Waals surface area contributed by atoms with E-state index in [4.69, 9.17) is 9.47 Å². The van der Waals surface area contributed by atoms with Gasteiger partial charge in [-0.2, -0.15) is 13.2 Å². The third-order valence-electron chi connectivity index (χ3n) is 6.06. The summed E-state index contributed by atoms with van der Waals surface area (Å²) in [5.74, 6) is -0.288. The van der Waals surface area contributed by atoms with Crippen molar-refractivity contribution in [1.82, 2.24) is 10.3 Å². The maximum atomic E-state index is 13.0. The Labute approximate surface area is 170 Å². The molecular weight excluding hydrogens is 401 g/mol. The molecule has 1 aromatic carbocycles. The first-order valence-electron chi connectivity index (χ1n) is 9.84. The van der Waals surface area contributed by atoms with E-state index in [1.807, 2.05) is 18.2 Å². The molecule has 2 fully saturated rings. The summed E-state index contributed by atoms with van der Waals surface area (Å²) in [5, 5.41) is 24.6. The van der Waals surface area contributed by atoms with Gasteiger partial charge in [0.1, 0.15) is 24.0 Å². The number of alkyl halides is 3. The van der Waals surface area contributed by atoms with Crippen molar-refractivity contribution in [3.05, 3.63) is 58.8 Å². The number of hydrogen-bond acceptors (Lipinski definition) is 6. The molecule has 1 saturated carbocycles. The minimum atomic E-state index is -4.62. The summed E-state index contributed by atoms with van der Waals surface area (Å²) in [5.41, 5.74) is 1.06. The van der Waals surface area contributed by atoms with Gasteiger partial charge in [-0.1, -0.05) is 24.3 Å². The number of nitrogens with one attached hydrogen (secondary N) is 1. The van der Waals surface area contributed by atoms with Crippen LogP contribution >= 0.6 is 0 Å². The van der Waals surface area contributed by atoms with Crippen LogP contribution in [-0.4, -0.2) is 39.1 Å². The zero-order valence-corrected chi connectivity index (χ0v) is 15.9. The summed E-state index contributed by atoms with van der Waals surface area (Å²) in [6.07, 6.45) is -7.83. The lowest BCUT2D eigenvalue weighted by atomic mass is 9.88. The van der Waals surface area contributed by atoms with Gasteiger partial charge in [0.05, 0.1) is 5.60 Å². The highest BCUT2D eigenvalue weighted by atomic mass is 19.4. The maximum Gasteiger partial charge on any atom is 0.433 e. The molecule has 5 rings (SSSR count). The largest absolute Gasteiger partial charge is 0.468 e. The van der Waals surface area contributed by atoms with Gasteiger partial charge >= 0.3 is 6.18 Å². The van der Waals surface area contributed by atoms with Crippen molar-refractivity contribution < 1.29 is 32.9 Å². The molecule has 9 heteroatoms. The molecule has 1 aromatic heterocycles. The number of halogens is 3. The Kier molecular flexibility index (Phi) is 4.55. The molecule has 3 aliphatic rings. The van der Waals surface area contributed by atoms with E-state index in [0.717, 1.165) is 29.3 Å². The fourth-order valence-corrected chi connectivity index (χ4v) is 4.26. The first kappa shape index (κ1) is 19.7. The highest BCUT2D eigenvalue weighted by Crippen LogP contribution is 2.52. The molecule has 3 heterocycles. The molecule has 1 saturated heterocycles. The van der Waals surface area contributed by atoms with Crippen LogP contribution in [0.1, 0.15) is 41.3 Å². The van der Waals surface area contributed by atoms with Gasteiger partial charge in [0.25, 0.3) is 0 Å². The molecule has 0 unspecified atom stereocenters. The highest BCUT2D eigenvalue weighted by Gasteiger charge is 2.61. The van der Waals surface area contributed by atoms with Crippen LogP contribution in [0.2, 0.25) is 0 Å². The predicted molar refractivity (Wildman–Crippen MR) is 98.4 cm³/mol. The second-order valence-corrected chi connectivity index (χ2v) is 8.11. The normalized spacial score (nSPS) is 29.6. The molecule has 0 amide bonds. The third kappa shape index (κ3) is 3.35. The van der Waals surface area contributed by atoms with Crippen LogP contribution in [0, 0.1) is 0 Å². The topological polar surface area (TPSA) is 83.8 Å². The number of aliphatic hydroxyl groups excluding tert-OH is 2. The molecule has 160 valence electrons. The van der Waals surface area contributed by atoms with Crippen molar-refractivity contribution in [3.8, 4) is 5.88 Å². The monoisotopic (exact) mass is 422 g/mol. The number of ether oxygens (including phenoxy) is 2. The maximum absolute atomic E-state index is 13.0. The van der Waals surface area contributed by atoms with Crippen LogP contribution < -0.4 is 10.1 Å². The molecule has 0 radical (unpaired) electrons. The highest BCUT2D eigenvalue weighted by molar-refractivity contribution is 5.37. The predicted octanol–water partition coefficient (Wildman–Crippen LogP) is 2.48. The lowest BCUT2D eigenvalue weighted by molar-refractivity contribution is -0.230. The van der Waals surface area contributed by atoms with Crippen LogP contribution in [0.3, 0.4) is 0 Å². The van der Waals surface area contributed by atoms with Crippen molar-refractivity contribution in [2.75, 3.05) is 0 Å². The molecule has 3 N–H and O–H groups in total. The molecule has 2 aromatic rings. The molecule has 0 bridgehead atoms. The van der Waals surface area contributed by atoms with Crippen molar-refractivity contribution in [2.24, 2.45) is 0 Å². The Morgan fingerprint density at radius 2 is 1.87 bits per heavy atom. The van der Waals surface area contributed by atoms with Gasteiger partial charge in [-0.05, 0) is 35.6 Å². The number of rotatable bonds is 3. The molecule has 1 spiro atoms. The number of benzene rings is 1. The Morgan fingerprint density at radius 3 is 2.60 bits per heavy atom. The van der Waals surface area contributed by atoms with Crippen molar-refractivity contribution in [3.63, 3.8) is 0 Å². The first-order chi connectivity index (χ1) is 14.3. The van der Waals surface area contributed by atoms with E-state index in [1.165, 1.54) is 12.1 Å². The summed E-state index contributed by atoms with van der Waals surface area (Å²) < 4.78 is 51.0. The SMILES string of the molecule is O[C@@H]1[C@@H](Oc2cccc(C(F)(F)F)n2)[C@@H](c2ccc3c(c2)CNC3)OC2(CC2)[C@@H]1O. The lowest BCUT2D eigenvalue weighted by Crippen LogP contribution is -2.57. The van der Waals surface area contributed by atoms with E-state index in [1.54, 1.807) is 0 Å². The minimum Gasteiger partial charge on any atom is -0.468 e. The Hall–Kier alpha value is -2.20. The Bertz CT molecular complexity index is 964. The van der Waals surface area contributed by atoms with E-state index in [9.17, 15) is 23.4 Å².